The van der Waals surface area contributed by atoms with Gasteiger partial charge in [0.1, 0.15) is 0 Å². The van der Waals surface area contributed by atoms with Crippen molar-refractivity contribution in [3.8, 4) is 0 Å². The summed E-state index contributed by atoms with van der Waals surface area (Å²) in [6.07, 6.45) is 1.58. The Bertz CT molecular complexity index is 587. The summed E-state index contributed by atoms with van der Waals surface area (Å²) in [5.74, 6) is 1.86. The normalized spacial score (nSPS) is 10.3. The number of amides is 1. The maximum absolute atomic E-state index is 12.1. The molecule has 20 heavy (non-hydrogen) atoms. The molecule has 3 nitrogen and oxygen atoms in total. The summed E-state index contributed by atoms with van der Waals surface area (Å²) in [7, 11) is 0. The maximum Gasteiger partial charge on any atom is 0.255 e. The first kappa shape index (κ1) is 14.9. The third kappa shape index (κ3) is 3.99. The molecule has 0 saturated heterocycles. The second-order valence-corrected chi connectivity index (χ2v) is 5.76. The molecule has 0 aliphatic heterocycles. The first-order valence-electron chi connectivity index (χ1n) is 6.29. The number of aromatic nitrogens is 1. The van der Waals surface area contributed by atoms with Crippen LogP contribution in [0.4, 0.5) is 5.69 Å². The van der Waals surface area contributed by atoms with Crippen molar-refractivity contribution in [3.05, 3.63) is 58.9 Å². The fourth-order valence-electron chi connectivity index (χ4n) is 1.65. The van der Waals surface area contributed by atoms with Gasteiger partial charge < -0.3 is 5.32 Å². The number of carbonyl (C=O) groups is 1. The van der Waals surface area contributed by atoms with Crippen LogP contribution in [0.5, 0.6) is 0 Å². The Balaban J connectivity index is 2.04. The van der Waals surface area contributed by atoms with E-state index in [-0.39, 0.29) is 11.1 Å². The summed E-state index contributed by atoms with van der Waals surface area (Å²) in [4.78, 5) is 16.0. The first-order chi connectivity index (χ1) is 9.70. The summed E-state index contributed by atoms with van der Waals surface area (Å²) in [6, 6.07) is 11.0. The highest BCUT2D eigenvalue weighted by Gasteiger charge is 2.08. The zero-order valence-corrected chi connectivity index (χ0v) is 12.7. The lowest BCUT2D eigenvalue weighted by molar-refractivity contribution is 0.102. The Kier molecular flexibility index (Phi) is 5.44. The Morgan fingerprint density at radius 3 is 2.70 bits per heavy atom. The Morgan fingerprint density at radius 2 is 2.05 bits per heavy atom. The van der Waals surface area contributed by atoms with Crippen LogP contribution >= 0.6 is 23.4 Å². The molecule has 0 atom stereocenters. The number of hydrogen-bond donors (Lipinski definition) is 1. The van der Waals surface area contributed by atoms with Crippen LogP contribution in [0.15, 0.2) is 42.6 Å². The van der Waals surface area contributed by atoms with Crippen LogP contribution in [0.2, 0.25) is 5.15 Å². The second kappa shape index (κ2) is 7.31. The van der Waals surface area contributed by atoms with Crippen molar-refractivity contribution in [1.82, 2.24) is 4.98 Å². The zero-order valence-electron chi connectivity index (χ0n) is 11.1. The van der Waals surface area contributed by atoms with Crippen molar-refractivity contribution in [2.45, 2.75) is 12.7 Å². The molecule has 0 saturated carbocycles. The number of nitrogens with zero attached hydrogens (tertiary/aromatic N) is 1. The second-order valence-electron chi connectivity index (χ2n) is 4.13. The van der Waals surface area contributed by atoms with E-state index < -0.39 is 0 Å². The van der Waals surface area contributed by atoms with E-state index in [1.807, 2.05) is 36.0 Å². The minimum atomic E-state index is -0.186. The van der Waals surface area contributed by atoms with Gasteiger partial charge in [-0.2, -0.15) is 11.8 Å². The molecule has 1 aromatic heterocycles. The molecular weight excluding hydrogens is 292 g/mol. The van der Waals surface area contributed by atoms with Gasteiger partial charge in [-0.05, 0) is 35.6 Å². The van der Waals surface area contributed by atoms with Crippen molar-refractivity contribution >= 4 is 35.0 Å². The summed E-state index contributed by atoms with van der Waals surface area (Å²) >= 11 is 7.76. The summed E-state index contributed by atoms with van der Waals surface area (Å²) in [5, 5.41) is 3.04. The standard InChI is InChI=1S/C15H15ClN2OS/c1-2-20-10-11-5-7-12(8-6-11)15(19)18-13-4-3-9-17-14(13)16/h3-9H,2,10H2,1H3,(H,18,19). The van der Waals surface area contributed by atoms with E-state index in [4.69, 9.17) is 11.6 Å². The topological polar surface area (TPSA) is 42.0 Å². The van der Waals surface area contributed by atoms with Gasteiger partial charge in [-0.25, -0.2) is 4.98 Å². The lowest BCUT2D eigenvalue weighted by Gasteiger charge is -2.07. The molecule has 0 spiro atoms. The van der Waals surface area contributed by atoms with E-state index in [1.54, 1.807) is 18.3 Å². The molecule has 2 rings (SSSR count). The first-order valence-corrected chi connectivity index (χ1v) is 7.82. The van der Waals surface area contributed by atoms with Crippen LogP contribution in [-0.2, 0) is 5.75 Å². The molecule has 0 aliphatic carbocycles. The van der Waals surface area contributed by atoms with Crippen molar-refractivity contribution in [1.29, 1.82) is 0 Å². The van der Waals surface area contributed by atoms with E-state index in [1.165, 1.54) is 5.56 Å². The highest BCUT2D eigenvalue weighted by molar-refractivity contribution is 7.98. The number of pyridine rings is 1. The van der Waals surface area contributed by atoms with Crippen LogP contribution in [0.1, 0.15) is 22.8 Å². The number of anilines is 1. The van der Waals surface area contributed by atoms with Crippen molar-refractivity contribution < 1.29 is 4.79 Å². The van der Waals surface area contributed by atoms with E-state index in [0.717, 1.165) is 11.5 Å². The predicted molar refractivity (Wildman–Crippen MR) is 85.5 cm³/mol. The average molecular weight is 307 g/mol. The molecule has 0 unspecified atom stereocenters. The molecule has 1 aromatic carbocycles. The minimum absolute atomic E-state index is 0.186. The van der Waals surface area contributed by atoms with Crippen LogP contribution < -0.4 is 5.32 Å². The fraction of sp³-hybridized carbons (Fsp3) is 0.200. The highest BCUT2D eigenvalue weighted by Crippen LogP contribution is 2.19. The molecule has 0 fully saturated rings. The van der Waals surface area contributed by atoms with Crippen molar-refractivity contribution in [3.63, 3.8) is 0 Å². The van der Waals surface area contributed by atoms with Crippen LogP contribution in [0, 0.1) is 0 Å². The van der Waals surface area contributed by atoms with E-state index >= 15 is 0 Å². The molecule has 104 valence electrons. The van der Waals surface area contributed by atoms with Gasteiger partial charge in [0.25, 0.3) is 5.91 Å². The smallest absolute Gasteiger partial charge is 0.255 e. The number of nitrogens with one attached hydrogen (secondary N) is 1. The predicted octanol–water partition coefficient (Wildman–Crippen LogP) is 4.24. The van der Waals surface area contributed by atoms with Gasteiger partial charge in [-0.15, -0.1) is 0 Å². The molecule has 0 bridgehead atoms. The molecule has 2 aromatic rings. The van der Waals surface area contributed by atoms with Gasteiger partial charge in [0.15, 0.2) is 5.15 Å². The molecule has 1 N–H and O–H groups in total. The van der Waals surface area contributed by atoms with Crippen LogP contribution in [0.25, 0.3) is 0 Å². The van der Waals surface area contributed by atoms with E-state index in [0.29, 0.717) is 11.3 Å². The molecular formula is C15H15ClN2OS. The fourth-order valence-corrected chi connectivity index (χ4v) is 2.44. The van der Waals surface area contributed by atoms with Gasteiger partial charge in [0.05, 0.1) is 5.69 Å². The third-order valence-corrected chi connectivity index (χ3v) is 3.94. The Morgan fingerprint density at radius 1 is 1.30 bits per heavy atom. The van der Waals surface area contributed by atoms with Crippen LogP contribution in [0.3, 0.4) is 0 Å². The molecule has 1 heterocycles. The van der Waals surface area contributed by atoms with Crippen molar-refractivity contribution in [2.24, 2.45) is 0 Å². The number of halogens is 1. The maximum atomic E-state index is 12.1. The Labute approximate surface area is 127 Å². The van der Waals surface area contributed by atoms with E-state index in [2.05, 4.69) is 17.2 Å². The number of benzene rings is 1. The quantitative estimate of drug-likeness (QED) is 0.840. The average Bonchev–Trinajstić information content (AvgIpc) is 2.48. The van der Waals surface area contributed by atoms with Gasteiger partial charge in [0, 0.05) is 17.5 Å². The molecule has 5 heteroatoms. The largest absolute Gasteiger partial charge is 0.319 e. The lowest BCUT2D eigenvalue weighted by atomic mass is 10.1. The highest BCUT2D eigenvalue weighted by atomic mass is 35.5. The van der Waals surface area contributed by atoms with E-state index in [9.17, 15) is 4.79 Å². The zero-order chi connectivity index (χ0) is 14.4. The Hall–Kier alpha value is -1.52. The third-order valence-electron chi connectivity index (χ3n) is 2.70. The van der Waals surface area contributed by atoms with Gasteiger partial charge in [-0.1, -0.05) is 30.7 Å². The molecule has 1 amide bonds. The number of rotatable bonds is 5. The number of thioether (sulfide) groups is 1. The molecule has 0 radical (unpaired) electrons. The molecule has 0 aliphatic rings. The summed E-state index contributed by atoms with van der Waals surface area (Å²) in [6.45, 7) is 2.13. The van der Waals surface area contributed by atoms with Gasteiger partial charge >= 0.3 is 0 Å². The van der Waals surface area contributed by atoms with Gasteiger partial charge in [-0.3, -0.25) is 4.79 Å². The lowest BCUT2D eigenvalue weighted by Crippen LogP contribution is -2.12. The summed E-state index contributed by atoms with van der Waals surface area (Å²) in [5.41, 5.74) is 2.34. The summed E-state index contributed by atoms with van der Waals surface area (Å²) < 4.78 is 0. The SMILES string of the molecule is CCSCc1ccc(C(=O)Nc2cccnc2Cl)cc1. The number of hydrogen-bond acceptors (Lipinski definition) is 3. The monoisotopic (exact) mass is 306 g/mol. The van der Waals surface area contributed by atoms with Crippen molar-refractivity contribution in [2.75, 3.05) is 11.1 Å². The van der Waals surface area contributed by atoms with Gasteiger partial charge in [0.2, 0.25) is 0 Å². The van der Waals surface area contributed by atoms with Crippen LogP contribution in [-0.4, -0.2) is 16.6 Å². The minimum Gasteiger partial charge on any atom is -0.319 e. The number of carbonyl (C=O) groups excluding carboxylic acids is 1.